The molecule has 0 unspecified atom stereocenters. The molecule has 19 heavy (non-hydrogen) atoms. The van der Waals surface area contributed by atoms with Gasteiger partial charge in [0.1, 0.15) is 0 Å². The van der Waals surface area contributed by atoms with Crippen LogP contribution >= 0.6 is 0 Å². The number of hydrogen-bond acceptors (Lipinski definition) is 2. The third-order valence-corrected chi connectivity index (χ3v) is 3.30. The molecule has 0 bridgehead atoms. The molecule has 0 aliphatic carbocycles. The minimum absolute atomic E-state index is 0.0304. The average molecular weight is 262 g/mol. The first-order valence-electron chi connectivity index (χ1n) is 7.30. The highest BCUT2D eigenvalue weighted by molar-refractivity contribution is 5.94. The van der Waals surface area contributed by atoms with Crippen molar-refractivity contribution in [3.05, 3.63) is 35.4 Å². The van der Waals surface area contributed by atoms with Crippen LogP contribution in [0.5, 0.6) is 0 Å². The Balaban J connectivity index is 2.42. The maximum Gasteiger partial charge on any atom is 0.251 e. The summed E-state index contributed by atoms with van der Waals surface area (Å²) >= 11 is 0. The molecule has 0 aliphatic rings. The van der Waals surface area contributed by atoms with Crippen LogP contribution in [0.4, 0.5) is 0 Å². The molecule has 0 heterocycles. The van der Waals surface area contributed by atoms with Crippen molar-refractivity contribution in [3.63, 3.8) is 0 Å². The van der Waals surface area contributed by atoms with Gasteiger partial charge in [-0.2, -0.15) is 0 Å². The van der Waals surface area contributed by atoms with Crippen LogP contribution < -0.4 is 5.32 Å². The van der Waals surface area contributed by atoms with Crippen molar-refractivity contribution in [1.82, 2.24) is 10.2 Å². The molecule has 0 saturated heterocycles. The Morgan fingerprint density at radius 2 is 2.00 bits per heavy atom. The molecule has 0 spiro atoms. The van der Waals surface area contributed by atoms with E-state index in [4.69, 9.17) is 0 Å². The molecule has 1 aromatic carbocycles. The van der Waals surface area contributed by atoms with Gasteiger partial charge in [-0.25, -0.2) is 0 Å². The quantitative estimate of drug-likeness (QED) is 0.781. The Morgan fingerprint density at radius 1 is 1.21 bits per heavy atom. The summed E-state index contributed by atoms with van der Waals surface area (Å²) in [5, 5.41) is 2.99. The highest BCUT2D eigenvalue weighted by Crippen LogP contribution is 2.05. The number of carbonyl (C=O) groups excluding carboxylic acids is 1. The fourth-order valence-corrected chi connectivity index (χ4v) is 2.11. The first-order valence-corrected chi connectivity index (χ1v) is 7.30. The molecule has 0 atom stereocenters. The van der Waals surface area contributed by atoms with Gasteiger partial charge in [-0.15, -0.1) is 0 Å². The van der Waals surface area contributed by atoms with Crippen molar-refractivity contribution >= 4 is 5.91 Å². The first-order chi connectivity index (χ1) is 9.21. The summed E-state index contributed by atoms with van der Waals surface area (Å²) in [4.78, 5) is 14.4. The van der Waals surface area contributed by atoms with E-state index in [1.165, 1.54) is 5.56 Å². The van der Waals surface area contributed by atoms with E-state index in [1.807, 2.05) is 18.2 Å². The van der Waals surface area contributed by atoms with E-state index in [9.17, 15) is 4.79 Å². The zero-order valence-electron chi connectivity index (χ0n) is 12.4. The summed E-state index contributed by atoms with van der Waals surface area (Å²) in [6.45, 7) is 10.2. The van der Waals surface area contributed by atoms with Crippen molar-refractivity contribution in [2.24, 2.45) is 0 Å². The first kappa shape index (κ1) is 15.7. The Kier molecular flexibility index (Phi) is 7.19. The molecule has 1 N–H and O–H groups in total. The molecule has 1 amide bonds. The van der Waals surface area contributed by atoms with Gasteiger partial charge in [-0.3, -0.25) is 4.79 Å². The monoisotopic (exact) mass is 262 g/mol. The number of carbonyl (C=O) groups is 1. The molecule has 0 aromatic heterocycles. The highest BCUT2D eigenvalue weighted by Gasteiger charge is 2.06. The van der Waals surface area contributed by atoms with Crippen molar-refractivity contribution in [3.8, 4) is 0 Å². The molecule has 3 heteroatoms. The lowest BCUT2D eigenvalue weighted by atomic mass is 10.1. The fraction of sp³-hybridized carbons (Fsp3) is 0.562. The zero-order valence-corrected chi connectivity index (χ0v) is 12.4. The second kappa shape index (κ2) is 8.70. The summed E-state index contributed by atoms with van der Waals surface area (Å²) in [7, 11) is 0. The van der Waals surface area contributed by atoms with Crippen LogP contribution in [0, 0.1) is 0 Å². The largest absolute Gasteiger partial charge is 0.351 e. The van der Waals surface area contributed by atoms with E-state index < -0.39 is 0 Å². The maximum atomic E-state index is 12.0. The van der Waals surface area contributed by atoms with Crippen molar-refractivity contribution < 1.29 is 4.79 Å². The number of amides is 1. The minimum Gasteiger partial charge on any atom is -0.351 e. The number of rotatable bonds is 8. The second-order valence-electron chi connectivity index (χ2n) is 4.74. The fourth-order valence-electron chi connectivity index (χ4n) is 2.11. The highest BCUT2D eigenvalue weighted by atomic mass is 16.1. The summed E-state index contributed by atoms with van der Waals surface area (Å²) < 4.78 is 0. The SMILES string of the molecule is CCCN(CC)CCNC(=O)c1cccc(CC)c1. The van der Waals surface area contributed by atoms with Crippen LogP contribution in [0.2, 0.25) is 0 Å². The summed E-state index contributed by atoms with van der Waals surface area (Å²) in [5.41, 5.74) is 1.96. The Labute approximate surface area is 117 Å². The molecule has 1 aromatic rings. The normalized spacial score (nSPS) is 10.7. The predicted octanol–water partition coefficient (Wildman–Crippen LogP) is 2.71. The van der Waals surface area contributed by atoms with Gasteiger partial charge in [0.15, 0.2) is 0 Å². The summed E-state index contributed by atoms with van der Waals surface area (Å²) in [5.74, 6) is 0.0304. The summed E-state index contributed by atoms with van der Waals surface area (Å²) in [6.07, 6.45) is 2.11. The third kappa shape index (κ3) is 5.43. The molecule has 106 valence electrons. The lowest BCUT2D eigenvalue weighted by Crippen LogP contribution is -2.35. The average Bonchev–Trinajstić information content (AvgIpc) is 2.46. The van der Waals surface area contributed by atoms with Crippen molar-refractivity contribution in [2.75, 3.05) is 26.2 Å². The van der Waals surface area contributed by atoms with Gasteiger partial charge in [0.05, 0.1) is 0 Å². The van der Waals surface area contributed by atoms with Crippen molar-refractivity contribution in [1.29, 1.82) is 0 Å². The predicted molar refractivity (Wildman–Crippen MR) is 80.6 cm³/mol. The number of aryl methyl sites for hydroxylation is 1. The van der Waals surface area contributed by atoms with Crippen LogP contribution in [-0.2, 0) is 6.42 Å². The standard InChI is InChI=1S/C16H26N2O/c1-4-11-18(6-3)12-10-17-16(19)15-9-7-8-14(5-2)13-15/h7-9,13H,4-6,10-12H2,1-3H3,(H,17,19). The van der Waals surface area contributed by atoms with Gasteiger partial charge in [-0.05, 0) is 43.6 Å². The number of nitrogens with zero attached hydrogens (tertiary/aromatic N) is 1. The molecule has 1 rings (SSSR count). The van der Waals surface area contributed by atoms with Crippen molar-refractivity contribution in [2.45, 2.75) is 33.6 Å². The van der Waals surface area contributed by atoms with Gasteiger partial charge < -0.3 is 10.2 Å². The van der Waals surface area contributed by atoms with E-state index in [0.29, 0.717) is 6.54 Å². The van der Waals surface area contributed by atoms with Crippen LogP contribution in [0.15, 0.2) is 24.3 Å². The minimum atomic E-state index is 0.0304. The van der Waals surface area contributed by atoms with E-state index in [0.717, 1.165) is 38.0 Å². The lowest BCUT2D eigenvalue weighted by Gasteiger charge is -2.19. The Morgan fingerprint density at radius 3 is 2.63 bits per heavy atom. The smallest absolute Gasteiger partial charge is 0.251 e. The molecular weight excluding hydrogens is 236 g/mol. The second-order valence-corrected chi connectivity index (χ2v) is 4.74. The van der Waals surface area contributed by atoms with Crippen LogP contribution in [0.1, 0.15) is 43.1 Å². The van der Waals surface area contributed by atoms with E-state index >= 15 is 0 Å². The maximum absolute atomic E-state index is 12.0. The Hall–Kier alpha value is -1.35. The molecular formula is C16H26N2O. The van der Waals surface area contributed by atoms with Gasteiger partial charge in [0.25, 0.3) is 5.91 Å². The van der Waals surface area contributed by atoms with Gasteiger partial charge in [0, 0.05) is 18.7 Å². The number of nitrogens with one attached hydrogen (secondary N) is 1. The topological polar surface area (TPSA) is 32.3 Å². The van der Waals surface area contributed by atoms with Crippen LogP contribution in [-0.4, -0.2) is 37.0 Å². The number of likely N-dealkylation sites (N-methyl/N-ethyl adjacent to an activating group) is 1. The number of benzene rings is 1. The number of hydrogen-bond donors (Lipinski definition) is 1. The molecule has 3 nitrogen and oxygen atoms in total. The molecule has 0 saturated carbocycles. The van der Waals surface area contributed by atoms with Crippen LogP contribution in [0.25, 0.3) is 0 Å². The molecule has 0 radical (unpaired) electrons. The summed E-state index contributed by atoms with van der Waals surface area (Å²) in [6, 6.07) is 7.84. The molecule has 0 fully saturated rings. The van der Waals surface area contributed by atoms with E-state index in [-0.39, 0.29) is 5.91 Å². The zero-order chi connectivity index (χ0) is 14.1. The lowest BCUT2D eigenvalue weighted by molar-refractivity contribution is 0.0948. The van der Waals surface area contributed by atoms with E-state index in [1.54, 1.807) is 0 Å². The van der Waals surface area contributed by atoms with E-state index in [2.05, 4.69) is 37.1 Å². The third-order valence-electron chi connectivity index (χ3n) is 3.30. The Bertz CT molecular complexity index is 390. The van der Waals surface area contributed by atoms with Gasteiger partial charge in [-0.1, -0.05) is 32.9 Å². The molecule has 0 aliphatic heterocycles. The van der Waals surface area contributed by atoms with Gasteiger partial charge >= 0.3 is 0 Å². The van der Waals surface area contributed by atoms with Crippen LogP contribution in [0.3, 0.4) is 0 Å². The van der Waals surface area contributed by atoms with Gasteiger partial charge in [0.2, 0.25) is 0 Å².